The van der Waals surface area contributed by atoms with Gasteiger partial charge in [0.25, 0.3) is 0 Å². The fourth-order valence-corrected chi connectivity index (χ4v) is 2.71. The van der Waals surface area contributed by atoms with E-state index in [2.05, 4.69) is 16.0 Å². The molecule has 108 valence electrons. The summed E-state index contributed by atoms with van der Waals surface area (Å²) in [6, 6.07) is 8.86. The summed E-state index contributed by atoms with van der Waals surface area (Å²) < 4.78 is 0. The molecule has 1 aromatic rings. The molecule has 0 aromatic heterocycles. The zero-order chi connectivity index (χ0) is 13.8. The molecule has 2 aliphatic rings. The Kier molecular flexibility index (Phi) is 4.09. The fourth-order valence-electron chi connectivity index (χ4n) is 2.71. The quantitative estimate of drug-likeness (QED) is 0.783. The highest BCUT2D eigenvalue weighted by Gasteiger charge is 2.20. The number of urea groups is 1. The molecule has 0 unspecified atom stereocenters. The van der Waals surface area contributed by atoms with Gasteiger partial charge in [0.1, 0.15) is 0 Å². The Balaban J connectivity index is 1.47. The van der Waals surface area contributed by atoms with Gasteiger partial charge in [-0.15, -0.1) is 0 Å². The molecule has 3 N–H and O–H groups in total. The molecule has 0 spiro atoms. The van der Waals surface area contributed by atoms with Crippen LogP contribution >= 0.6 is 0 Å². The summed E-state index contributed by atoms with van der Waals surface area (Å²) in [6.45, 7) is 0. The molecule has 2 amide bonds. The fraction of sp³-hybridized carbons (Fsp3) is 0.562. The van der Waals surface area contributed by atoms with E-state index in [1.165, 1.54) is 32.1 Å². The summed E-state index contributed by atoms with van der Waals surface area (Å²) in [5.41, 5.74) is 1.98. The Bertz CT molecular complexity index is 447. The highest BCUT2D eigenvalue weighted by Crippen LogP contribution is 2.25. The number of anilines is 2. The summed E-state index contributed by atoms with van der Waals surface area (Å²) in [6.07, 6.45) is 8.51. The van der Waals surface area contributed by atoms with Crippen molar-refractivity contribution in [3.05, 3.63) is 24.3 Å². The molecule has 0 heterocycles. The summed E-state index contributed by atoms with van der Waals surface area (Å²) in [4.78, 5) is 11.9. The van der Waals surface area contributed by atoms with Crippen molar-refractivity contribution < 1.29 is 4.79 Å². The van der Waals surface area contributed by atoms with Crippen molar-refractivity contribution in [3.63, 3.8) is 0 Å². The smallest absolute Gasteiger partial charge is 0.319 e. The standard InChI is InChI=1S/C16H23N3O/c20-16(18-12-4-2-1-3-5-12)19-15-10-8-14(9-11-15)17-13-6-7-13/h8-13,17H,1-7H2,(H2,18,19,20). The molecule has 2 saturated carbocycles. The van der Waals surface area contributed by atoms with Gasteiger partial charge >= 0.3 is 6.03 Å². The van der Waals surface area contributed by atoms with Gasteiger partial charge in [-0.25, -0.2) is 4.79 Å². The number of carbonyl (C=O) groups excluding carboxylic acids is 1. The molecule has 2 fully saturated rings. The van der Waals surface area contributed by atoms with Gasteiger partial charge in [0.2, 0.25) is 0 Å². The average Bonchev–Trinajstić information content (AvgIpc) is 3.26. The van der Waals surface area contributed by atoms with Crippen LogP contribution in [0.25, 0.3) is 0 Å². The molecule has 0 bridgehead atoms. The lowest BCUT2D eigenvalue weighted by Gasteiger charge is -2.22. The van der Waals surface area contributed by atoms with E-state index in [1.54, 1.807) is 0 Å². The van der Waals surface area contributed by atoms with Crippen molar-refractivity contribution in [3.8, 4) is 0 Å². The first-order valence-corrected chi connectivity index (χ1v) is 7.74. The molecule has 1 aromatic carbocycles. The van der Waals surface area contributed by atoms with Gasteiger partial charge < -0.3 is 16.0 Å². The first-order valence-electron chi connectivity index (χ1n) is 7.74. The number of nitrogens with one attached hydrogen (secondary N) is 3. The summed E-state index contributed by atoms with van der Waals surface area (Å²) in [5.74, 6) is 0. The van der Waals surface area contributed by atoms with Crippen molar-refractivity contribution in [1.82, 2.24) is 5.32 Å². The van der Waals surface area contributed by atoms with E-state index in [-0.39, 0.29) is 6.03 Å². The van der Waals surface area contributed by atoms with E-state index in [1.807, 2.05) is 24.3 Å². The maximum atomic E-state index is 11.9. The van der Waals surface area contributed by atoms with Crippen molar-refractivity contribution in [2.24, 2.45) is 0 Å². The Morgan fingerprint density at radius 1 is 0.850 bits per heavy atom. The van der Waals surface area contributed by atoms with E-state index < -0.39 is 0 Å². The first kappa shape index (κ1) is 13.3. The van der Waals surface area contributed by atoms with Crippen LogP contribution in [0.15, 0.2) is 24.3 Å². The largest absolute Gasteiger partial charge is 0.382 e. The van der Waals surface area contributed by atoms with Crippen molar-refractivity contribution in [1.29, 1.82) is 0 Å². The third-order valence-corrected chi connectivity index (χ3v) is 4.03. The van der Waals surface area contributed by atoms with Crippen LogP contribution in [-0.4, -0.2) is 18.1 Å². The number of carbonyl (C=O) groups is 1. The molecule has 20 heavy (non-hydrogen) atoms. The lowest BCUT2D eigenvalue weighted by molar-refractivity contribution is 0.244. The second kappa shape index (κ2) is 6.16. The van der Waals surface area contributed by atoms with E-state index in [4.69, 9.17) is 0 Å². The predicted molar refractivity (Wildman–Crippen MR) is 82.1 cm³/mol. The second-order valence-corrected chi connectivity index (χ2v) is 5.93. The molecule has 0 aliphatic heterocycles. The third-order valence-electron chi connectivity index (χ3n) is 4.03. The molecule has 0 radical (unpaired) electrons. The molecule has 0 atom stereocenters. The van der Waals surface area contributed by atoms with Crippen LogP contribution in [0.5, 0.6) is 0 Å². The lowest BCUT2D eigenvalue weighted by Crippen LogP contribution is -2.38. The monoisotopic (exact) mass is 273 g/mol. The van der Waals surface area contributed by atoms with Crippen molar-refractivity contribution in [2.45, 2.75) is 57.0 Å². The van der Waals surface area contributed by atoms with Crippen LogP contribution in [-0.2, 0) is 0 Å². The van der Waals surface area contributed by atoms with Gasteiger partial charge in [-0.3, -0.25) is 0 Å². The Labute approximate surface area is 120 Å². The zero-order valence-electron chi connectivity index (χ0n) is 11.8. The minimum absolute atomic E-state index is 0.0835. The molecular formula is C16H23N3O. The third kappa shape index (κ3) is 3.89. The van der Waals surface area contributed by atoms with Gasteiger partial charge in [-0.1, -0.05) is 19.3 Å². The predicted octanol–water partition coefficient (Wildman–Crippen LogP) is 3.72. The SMILES string of the molecule is O=C(Nc1ccc(NC2CC2)cc1)NC1CCCCC1. The number of hydrogen-bond donors (Lipinski definition) is 3. The van der Waals surface area contributed by atoms with Crippen molar-refractivity contribution in [2.75, 3.05) is 10.6 Å². The normalized spacial score (nSPS) is 19.4. The van der Waals surface area contributed by atoms with Gasteiger partial charge in [0.15, 0.2) is 0 Å². The van der Waals surface area contributed by atoms with Crippen LogP contribution in [0.2, 0.25) is 0 Å². The van der Waals surface area contributed by atoms with Gasteiger partial charge in [-0.05, 0) is 49.9 Å². The van der Waals surface area contributed by atoms with E-state index in [0.717, 1.165) is 24.2 Å². The van der Waals surface area contributed by atoms with E-state index in [0.29, 0.717) is 12.1 Å². The number of amides is 2. The second-order valence-electron chi connectivity index (χ2n) is 5.93. The van der Waals surface area contributed by atoms with Gasteiger partial charge in [0.05, 0.1) is 0 Å². The molecule has 4 nitrogen and oxygen atoms in total. The number of hydrogen-bond acceptors (Lipinski definition) is 2. The molecule has 0 saturated heterocycles. The number of benzene rings is 1. The summed E-state index contributed by atoms with van der Waals surface area (Å²) in [7, 11) is 0. The van der Waals surface area contributed by atoms with Crippen molar-refractivity contribution >= 4 is 17.4 Å². The van der Waals surface area contributed by atoms with Crippen LogP contribution in [0.1, 0.15) is 44.9 Å². The minimum Gasteiger partial charge on any atom is -0.382 e. The van der Waals surface area contributed by atoms with Crippen LogP contribution in [0.4, 0.5) is 16.2 Å². The molecule has 3 rings (SSSR count). The first-order chi connectivity index (χ1) is 9.79. The average molecular weight is 273 g/mol. The lowest BCUT2D eigenvalue weighted by atomic mass is 9.96. The highest BCUT2D eigenvalue weighted by atomic mass is 16.2. The van der Waals surface area contributed by atoms with Crippen LogP contribution < -0.4 is 16.0 Å². The molecule has 2 aliphatic carbocycles. The van der Waals surface area contributed by atoms with Gasteiger partial charge in [0, 0.05) is 23.5 Å². The molecule has 4 heteroatoms. The van der Waals surface area contributed by atoms with Crippen LogP contribution in [0, 0.1) is 0 Å². The van der Waals surface area contributed by atoms with Gasteiger partial charge in [-0.2, -0.15) is 0 Å². The maximum Gasteiger partial charge on any atom is 0.319 e. The minimum atomic E-state index is -0.0835. The molecular weight excluding hydrogens is 250 g/mol. The van der Waals surface area contributed by atoms with Crippen LogP contribution in [0.3, 0.4) is 0 Å². The summed E-state index contributed by atoms with van der Waals surface area (Å²) in [5, 5.41) is 9.40. The Morgan fingerprint density at radius 2 is 1.50 bits per heavy atom. The Hall–Kier alpha value is -1.71. The number of rotatable bonds is 4. The Morgan fingerprint density at radius 3 is 2.15 bits per heavy atom. The van der Waals surface area contributed by atoms with E-state index >= 15 is 0 Å². The topological polar surface area (TPSA) is 53.2 Å². The zero-order valence-corrected chi connectivity index (χ0v) is 11.8. The highest BCUT2D eigenvalue weighted by molar-refractivity contribution is 5.89. The summed E-state index contributed by atoms with van der Waals surface area (Å²) >= 11 is 0. The maximum absolute atomic E-state index is 11.9. The van der Waals surface area contributed by atoms with E-state index in [9.17, 15) is 4.79 Å².